The molecular formula is C33H37NO8S. The summed E-state index contributed by atoms with van der Waals surface area (Å²) in [5.74, 6) is -0.964. The van der Waals surface area contributed by atoms with E-state index >= 15 is 0 Å². The second-order valence-electron chi connectivity index (χ2n) is 11.6. The molecule has 1 N–H and O–H groups in total. The summed E-state index contributed by atoms with van der Waals surface area (Å²) < 4.78 is 35.2. The molecule has 0 spiro atoms. The van der Waals surface area contributed by atoms with Gasteiger partial charge >= 0.3 is 12.1 Å². The third kappa shape index (κ3) is 7.62. The number of carbonyl (C=O) groups is 3. The number of Topliss-reactive ketones (excluding diaryl/α,β-unsaturated/α-hetero) is 1. The van der Waals surface area contributed by atoms with Gasteiger partial charge in [-0.15, -0.1) is 0 Å². The van der Waals surface area contributed by atoms with Crippen LogP contribution >= 0.6 is 0 Å². The quantitative estimate of drug-likeness (QED) is 0.299. The third-order valence-electron chi connectivity index (χ3n) is 7.75. The number of para-hydroxylation sites is 1. The molecule has 3 aromatic rings. The first-order valence-corrected chi connectivity index (χ1v) is 15.9. The molecule has 10 heteroatoms. The van der Waals surface area contributed by atoms with Gasteiger partial charge in [-0.3, -0.25) is 4.79 Å². The van der Waals surface area contributed by atoms with E-state index in [4.69, 9.17) is 9.47 Å². The number of rotatable bonds is 10. The van der Waals surface area contributed by atoms with E-state index in [2.05, 4.69) is 0 Å². The number of nitrogens with zero attached hydrogens (tertiary/aromatic N) is 1. The zero-order chi connectivity index (χ0) is 31.5. The fourth-order valence-corrected chi connectivity index (χ4v) is 5.97. The Kier molecular flexibility index (Phi) is 9.29. The lowest BCUT2D eigenvalue weighted by molar-refractivity contribution is -0.152. The standard InChI is InChI=1S/C33H37NO8S/c1-21-17-23(18-22(2)30(21)42-33(3,4)31(36)37)11-12-25-19-34(32(38)41-26-9-7-6-8-10-26)20-28(25)29(35)24-13-15-27(16-14-24)43(5,39)40/h6-10,13-18,25,28H,11-12,19-20H2,1-5H3,(H,36,37)/t25-,28-/m0/s1. The summed E-state index contributed by atoms with van der Waals surface area (Å²) in [4.78, 5) is 40.0. The number of likely N-dealkylation sites (tertiary alicyclic amines) is 1. The lowest BCUT2D eigenvalue weighted by Gasteiger charge is -2.25. The van der Waals surface area contributed by atoms with Crippen LogP contribution in [0, 0.1) is 25.7 Å². The molecule has 3 aromatic carbocycles. The van der Waals surface area contributed by atoms with Crippen molar-refractivity contribution in [1.82, 2.24) is 4.90 Å². The van der Waals surface area contributed by atoms with Gasteiger partial charge in [-0.2, -0.15) is 0 Å². The van der Waals surface area contributed by atoms with Crippen LogP contribution in [0.4, 0.5) is 4.79 Å². The Morgan fingerprint density at radius 2 is 1.56 bits per heavy atom. The van der Waals surface area contributed by atoms with Crippen LogP contribution in [0.1, 0.15) is 47.3 Å². The molecule has 1 heterocycles. The van der Waals surface area contributed by atoms with Crippen LogP contribution in [0.25, 0.3) is 0 Å². The van der Waals surface area contributed by atoms with Gasteiger partial charge in [-0.1, -0.05) is 42.5 Å². The van der Waals surface area contributed by atoms with E-state index in [1.807, 2.05) is 32.0 Å². The maximum absolute atomic E-state index is 13.7. The van der Waals surface area contributed by atoms with Crippen molar-refractivity contribution in [3.05, 3.63) is 89.0 Å². The molecule has 1 saturated heterocycles. The molecule has 1 aliphatic heterocycles. The van der Waals surface area contributed by atoms with Crippen molar-refractivity contribution in [3.63, 3.8) is 0 Å². The Hall–Kier alpha value is -4.18. The average molecular weight is 608 g/mol. The molecule has 0 bridgehead atoms. The number of carboxylic acid groups (broad SMARTS) is 1. The average Bonchev–Trinajstić information content (AvgIpc) is 3.38. The number of hydrogen-bond acceptors (Lipinski definition) is 7. The van der Waals surface area contributed by atoms with Gasteiger partial charge in [0.15, 0.2) is 21.2 Å². The fourth-order valence-electron chi connectivity index (χ4n) is 5.34. The number of amides is 1. The highest BCUT2D eigenvalue weighted by Crippen LogP contribution is 2.34. The molecule has 43 heavy (non-hydrogen) atoms. The number of aliphatic carboxylic acids is 1. The van der Waals surface area contributed by atoms with Crippen LogP contribution in [-0.2, 0) is 21.1 Å². The van der Waals surface area contributed by atoms with E-state index in [1.54, 1.807) is 29.2 Å². The Balaban J connectivity index is 1.54. The monoisotopic (exact) mass is 607 g/mol. The molecule has 2 atom stereocenters. The molecule has 0 saturated carbocycles. The van der Waals surface area contributed by atoms with Crippen molar-refractivity contribution in [2.24, 2.45) is 11.8 Å². The molecule has 1 fully saturated rings. The van der Waals surface area contributed by atoms with Gasteiger partial charge in [0, 0.05) is 30.8 Å². The molecule has 0 unspecified atom stereocenters. The number of sulfone groups is 1. The smallest absolute Gasteiger partial charge is 0.415 e. The maximum Gasteiger partial charge on any atom is 0.415 e. The number of benzene rings is 3. The molecule has 1 aliphatic rings. The lowest BCUT2D eigenvalue weighted by atomic mass is 9.84. The van der Waals surface area contributed by atoms with Crippen LogP contribution in [0.2, 0.25) is 0 Å². The van der Waals surface area contributed by atoms with E-state index in [0.717, 1.165) is 22.9 Å². The van der Waals surface area contributed by atoms with E-state index in [-0.39, 0.29) is 23.1 Å². The largest absolute Gasteiger partial charge is 0.478 e. The second kappa shape index (κ2) is 12.6. The number of carboxylic acids is 1. The first-order chi connectivity index (χ1) is 20.2. The molecule has 0 radical (unpaired) electrons. The summed E-state index contributed by atoms with van der Waals surface area (Å²) in [7, 11) is -3.41. The Morgan fingerprint density at radius 1 is 0.953 bits per heavy atom. The molecule has 1 amide bonds. The zero-order valence-electron chi connectivity index (χ0n) is 25.0. The summed E-state index contributed by atoms with van der Waals surface area (Å²) in [5, 5.41) is 9.47. The van der Waals surface area contributed by atoms with Gasteiger partial charge in [0.05, 0.1) is 4.90 Å². The second-order valence-corrected chi connectivity index (χ2v) is 13.6. The predicted molar refractivity (Wildman–Crippen MR) is 161 cm³/mol. The molecule has 9 nitrogen and oxygen atoms in total. The van der Waals surface area contributed by atoms with Gasteiger partial charge in [-0.05, 0) is 87.4 Å². The lowest BCUT2D eigenvalue weighted by Crippen LogP contribution is -2.38. The zero-order valence-corrected chi connectivity index (χ0v) is 25.8. The summed E-state index contributed by atoms with van der Waals surface area (Å²) in [6.45, 7) is 7.25. The molecule has 228 valence electrons. The van der Waals surface area contributed by atoms with Crippen molar-refractivity contribution in [2.75, 3.05) is 19.3 Å². The molecule has 0 aliphatic carbocycles. The van der Waals surface area contributed by atoms with Crippen molar-refractivity contribution in [1.29, 1.82) is 0 Å². The highest BCUT2D eigenvalue weighted by molar-refractivity contribution is 7.90. The summed E-state index contributed by atoms with van der Waals surface area (Å²) in [5.41, 5.74) is 1.62. The highest BCUT2D eigenvalue weighted by Gasteiger charge is 2.40. The first-order valence-electron chi connectivity index (χ1n) is 14.0. The van der Waals surface area contributed by atoms with Crippen molar-refractivity contribution >= 4 is 27.7 Å². The van der Waals surface area contributed by atoms with Crippen LogP contribution < -0.4 is 9.47 Å². The normalized spacial score (nSPS) is 17.0. The van der Waals surface area contributed by atoms with E-state index in [1.165, 1.54) is 38.1 Å². The Morgan fingerprint density at radius 3 is 2.12 bits per heavy atom. The SMILES string of the molecule is Cc1cc(CC[C@H]2CN(C(=O)Oc3ccccc3)C[C@@H]2C(=O)c2ccc(S(C)(=O)=O)cc2)cc(C)c1OC(C)(C)C(=O)O. The Bertz CT molecular complexity index is 1590. The summed E-state index contributed by atoms with van der Waals surface area (Å²) >= 11 is 0. The van der Waals surface area contributed by atoms with Crippen molar-refractivity contribution in [3.8, 4) is 11.5 Å². The molecule has 0 aromatic heterocycles. The van der Waals surface area contributed by atoms with Crippen LogP contribution in [0.3, 0.4) is 0 Å². The van der Waals surface area contributed by atoms with Crippen molar-refractivity contribution < 1.29 is 37.4 Å². The van der Waals surface area contributed by atoms with Gasteiger partial charge in [-0.25, -0.2) is 18.0 Å². The number of ether oxygens (including phenoxy) is 2. The topological polar surface area (TPSA) is 127 Å². The number of aryl methyl sites for hydroxylation is 3. The van der Waals surface area contributed by atoms with E-state index in [9.17, 15) is 27.9 Å². The third-order valence-corrected chi connectivity index (χ3v) is 8.88. The molecule has 4 rings (SSSR count). The first kappa shape index (κ1) is 31.7. The van der Waals surface area contributed by atoms with Crippen LogP contribution in [0.5, 0.6) is 11.5 Å². The fraction of sp³-hybridized carbons (Fsp3) is 0.364. The minimum atomic E-state index is -3.41. The van der Waals surface area contributed by atoms with Crippen LogP contribution in [-0.4, -0.2) is 61.2 Å². The van der Waals surface area contributed by atoms with Gasteiger partial charge in [0.2, 0.25) is 0 Å². The number of carbonyl (C=O) groups excluding carboxylic acids is 2. The Labute approximate surface area is 252 Å². The molecular weight excluding hydrogens is 570 g/mol. The van der Waals surface area contributed by atoms with Crippen LogP contribution in [0.15, 0.2) is 71.6 Å². The number of hydrogen-bond donors (Lipinski definition) is 1. The summed E-state index contributed by atoms with van der Waals surface area (Å²) in [6, 6.07) is 18.5. The summed E-state index contributed by atoms with van der Waals surface area (Å²) in [6.07, 6.45) is 1.80. The van der Waals surface area contributed by atoms with Gasteiger partial charge in [0.25, 0.3) is 0 Å². The maximum atomic E-state index is 13.7. The van der Waals surface area contributed by atoms with Gasteiger partial charge in [0.1, 0.15) is 11.5 Å². The number of ketones is 1. The minimum absolute atomic E-state index is 0.130. The van der Waals surface area contributed by atoms with E-state index in [0.29, 0.717) is 36.4 Å². The van der Waals surface area contributed by atoms with E-state index < -0.39 is 33.4 Å². The predicted octanol–water partition coefficient (Wildman–Crippen LogP) is 5.51. The minimum Gasteiger partial charge on any atom is -0.478 e. The van der Waals surface area contributed by atoms with Crippen molar-refractivity contribution in [2.45, 2.75) is 51.0 Å². The van der Waals surface area contributed by atoms with Gasteiger partial charge < -0.3 is 19.5 Å². The highest BCUT2D eigenvalue weighted by atomic mass is 32.2.